The molecule has 0 bridgehead atoms. The average Bonchev–Trinajstić information content (AvgIpc) is 3.61. The number of aliphatic hydroxyl groups is 2. The number of pyridine rings is 1. The molecule has 2 N–H and O–H groups in total. The van der Waals surface area contributed by atoms with Gasteiger partial charge in [0.05, 0.1) is 33.2 Å². The summed E-state index contributed by atoms with van der Waals surface area (Å²) in [6, 6.07) is 17.4. The highest BCUT2D eigenvalue weighted by Gasteiger charge is 2.46. The highest BCUT2D eigenvalue weighted by molar-refractivity contribution is 7.89. The third-order valence-electron chi connectivity index (χ3n) is 9.53. The van der Waals surface area contributed by atoms with Crippen molar-refractivity contribution in [3.8, 4) is 23.0 Å². The monoisotopic (exact) mass is 785 g/mol. The van der Waals surface area contributed by atoms with E-state index in [1.165, 1.54) is 26.0 Å². The molecule has 7 rings (SSSR count). The van der Waals surface area contributed by atoms with Gasteiger partial charge in [-0.3, -0.25) is 14.2 Å². The highest BCUT2D eigenvalue weighted by Crippen LogP contribution is 2.47. The molecule has 0 spiro atoms. The first-order chi connectivity index (χ1) is 25.9. The molecule has 10 nitrogen and oxygen atoms in total. The maximum absolute atomic E-state index is 14.6. The molecule has 284 valence electrons. The molecule has 6 aromatic rings. The van der Waals surface area contributed by atoms with E-state index >= 15 is 0 Å². The van der Waals surface area contributed by atoms with Crippen molar-refractivity contribution in [2.75, 3.05) is 6.26 Å². The van der Waals surface area contributed by atoms with Crippen LogP contribution in [0.5, 0.6) is 0 Å². The SMILES string of the molecule is Cn1nc(CS(C)(=O)=O)c2c(Cl)ccc(-c3ccc(C#CC(C)(C)O)nc3[C@@H](CC(=O)Cn3nc(C4(O)CC4)c4ccccc43)Cc3cc(F)cc(F)c3)c21. The van der Waals surface area contributed by atoms with Gasteiger partial charge in [-0.25, -0.2) is 22.2 Å². The van der Waals surface area contributed by atoms with Crippen LogP contribution in [-0.2, 0) is 46.0 Å². The van der Waals surface area contributed by atoms with Gasteiger partial charge in [0.25, 0.3) is 0 Å². The van der Waals surface area contributed by atoms with E-state index in [1.54, 1.807) is 40.7 Å². The zero-order chi connectivity index (χ0) is 39.4. The Balaban J connectivity index is 1.39. The second kappa shape index (κ2) is 14.3. The summed E-state index contributed by atoms with van der Waals surface area (Å²) in [5.74, 6) is 2.72. The summed E-state index contributed by atoms with van der Waals surface area (Å²) in [6.07, 6.45) is 2.10. The minimum atomic E-state index is -3.50. The number of aryl methyl sites for hydroxylation is 1. The molecule has 1 aliphatic carbocycles. The third kappa shape index (κ3) is 8.33. The zero-order valence-corrected chi connectivity index (χ0v) is 32.1. The van der Waals surface area contributed by atoms with Crippen LogP contribution in [0, 0.1) is 23.5 Å². The first kappa shape index (κ1) is 38.3. The summed E-state index contributed by atoms with van der Waals surface area (Å²) >= 11 is 6.69. The van der Waals surface area contributed by atoms with Crippen LogP contribution in [0.15, 0.2) is 66.7 Å². The molecule has 0 saturated heterocycles. The van der Waals surface area contributed by atoms with Crippen molar-refractivity contribution in [2.24, 2.45) is 7.05 Å². The second-order valence-electron chi connectivity index (χ2n) is 14.9. The summed E-state index contributed by atoms with van der Waals surface area (Å²) in [5.41, 5.74) is 1.62. The Labute approximate surface area is 321 Å². The molecule has 1 aliphatic rings. The summed E-state index contributed by atoms with van der Waals surface area (Å²) in [5, 5.41) is 32.0. The van der Waals surface area contributed by atoms with Gasteiger partial charge in [0.1, 0.15) is 40.8 Å². The number of nitrogens with zero attached hydrogens (tertiary/aromatic N) is 5. The first-order valence-corrected chi connectivity index (χ1v) is 20.0. The van der Waals surface area contributed by atoms with E-state index < -0.39 is 38.6 Å². The topological polar surface area (TPSA) is 140 Å². The van der Waals surface area contributed by atoms with E-state index in [0.717, 1.165) is 17.7 Å². The van der Waals surface area contributed by atoms with Crippen molar-refractivity contribution in [3.05, 3.63) is 112 Å². The van der Waals surface area contributed by atoms with Gasteiger partial charge >= 0.3 is 0 Å². The number of ketones is 1. The maximum atomic E-state index is 14.6. The lowest BCUT2D eigenvalue weighted by atomic mass is 9.86. The number of para-hydroxylation sites is 1. The van der Waals surface area contributed by atoms with Gasteiger partial charge in [0, 0.05) is 53.6 Å². The van der Waals surface area contributed by atoms with E-state index in [2.05, 4.69) is 22.0 Å². The third-order valence-corrected chi connectivity index (χ3v) is 10.6. The summed E-state index contributed by atoms with van der Waals surface area (Å²) in [4.78, 5) is 19.2. The molecular formula is C41H38ClF2N5O5S. The van der Waals surface area contributed by atoms with Crippen molar-refractivity contribution in [3.63, 3.8) is 0 Å². The Hall–Kier alpha value is -5.00. The number of Topliss-reactive ketones (excluding diaryl/α,β-unsaturated/α-hetero) is 1. The van der Waals surface area contributed by atoms with Crippen molar-refractivity contribution in [2.45, 2.75) is 68.9 Å². The summed E-state index contributed by atoms with van der Waals surface area (Å²) in [6.45, 7) is 2.91. The molecule has 0 amide bonds. The number of halogens is 3. The molecule has 14 heteroatoms. The Bertz CT molecular complexity index is 2670. The first-order valence-electron chi connectivity index (χ1n) is 17.6. The van der Waals surface area contributed by atoms with Crippen LogP contribution in [-0.4, -0.2) is 60.8 Å². The molecule has 3 heterocycles. The lowest BCUT2D eigenvalue weighted by Gasteiger charge is -2.21. The number of aromatic nitrogens is 5. The Kier molecular flexibility index (Phi) is 9.92. The molecular weight excluding hydrogens is 748 g/mol. The molecule has 0 radical (unpaired) electrons. The predicted octanol–water partition coefficient (Wildman–Crippen LogP) is 6.55. The molecule has 0 aliphatic heterocycles. The Morgan fingerprint density at radius 1 is 1.04 bits per heavy atom. The van der Waals surface area contributed by atoms with Crippen molar-refractivity contribution < 1.29 is 32.2 Å². The number of carbonyl (C=O) groups is 1. The lowest BCUT2D eigenvalue weighted by molar-refractivity contribution is -0.120. The van der Waals surface area contributed by atoms with Gasteiger partial charge in [-0.1, -0.05) is 41.8 Å². The minimum absolute atomic E-state index is 0.00486. The molecule has 1 fully saturated rings. The number of benzene rings is 3. The largest absolute Gasteiger partial charge is 0.383 e. The fourth-order valence-corrected chi connectivity index (χ4v) is 8.02. The van der Waals surface area contributed by atoms with E-state index in [9.17, 15) is 32.2 Å². The van der Waals surface area contributed by atoms with Gasteiger partial charge in [-0.05, 0) is 81.0 Å². The zero-order valence-electron chi connectivity index (χ0n) is 30.6. The molecule has 1 saturated carbocycles. The molecule has 1 atom stereocenters. The molecule has 0 unspecified atom stereocenters. The van der Waals surface area contributed by atoms with Crippen LogP contribution in [0.4, 0.5) is 8.78 Å². The van der Waals surface area contributed by atoms with Crippen LogP contribution in [0.25, 0.3) is 32.9 Å². The highest BCUT2D eigenvalue weighted by atomic mass is 35.5. The van der Waals surface area contributed by atoms with E-state index in [4.69, 9.17) is 16.6 Å². The number of rotatable bonds is 11. The van der Waals surface area contributed by atoms with Gasteiger partial charge in [0.15, 0.2) is 15.6 Å². The van der Waals surface area contributed by atoms with Crippen LogP contribution in [0.2, 0.25) is 5.02 Å². The number of sulfone groups is 1. The number of hydrogen-bond acceptors (Lipinski definition) is 8. The predicted molar refractivity (Wildman–Crippen MR) is 206 cm³/mol. The van der Waals surface area contributed by atoms with E-state index in [0.29, 0.717) is 51.8 Å². The van der Waals surface area contributed by atoms with Crippen LogP contribution in [0.3, 0.4) is 0 Å². The number of carbonyl (C=O) groups excluding carboxylic acids is 1. The van der Waals surface area contributed by atoms with Crippen molar-refractivity contribution >= 4 is 49.0 Å². The lowest BCUT2D eigenvalue weighted by Crippen LogP contribution is -2.18. The van der Waals surface area contributed by atoms with Gasteiger partial charge in [-0.2, -0.15) is 10.2 Å². The van der Waals surface area contributed by atoms with Crippen LogP contribution < -0.4 is 0 Å². The van der Waals surface area contributed by atoms with Gasteiger partial charge in [0.2, 0.25) is 0 Å². The molecule has 55 heavy (non-hydrogen) atoms. The fourth-order valence-electron chi connectivity index (χ4n) is 7.06. The van der Waals surface area contributed by atoms with Crippen LogP contribution in [0.1, 0.15) is 67.4 Å². The second-order valence-corrected chi connectivity index (χ2v) is 17.4. The minimum Gasteiger partial charge on any atom is -0.383 e. The molecule has 3 aromatic carbocycles. The van der Waals surface area contributed by atoms with E-state index in [1.807, 2.05) is 24.3 Å². The van der Waals surface area contributed by atoms with Gasteiger partial charge in [-0.15, -0.1) is 0 Å². The number of hydrogen-bond donors (Lipinski definition) is 2. The number of fused-ring (bicyclic) bond motifs is 2. The fraction of sp³-hybridized carbons (Fsp3) is 0.317. The average molecular weight is 786 g/mol. The summed E-state index contributed by atoms with van der Waals surface area (Å²) < 4.78 is 57.1. The smallest absolute Gasteiger partial charge is 0.154 e. The summed E-state index contributed by atoms with van der Waals surface area (Å²) in [7, 11) is -1.83. The molecule has 3 aromatic heterocycles. The standard InChI is InChI=1S/C41H38ClF2N5O5S/c1-40(2,51)14-13-28-9-10-30(31-11-12-33(42)36-34(23-55(4,53)54)46-48(3)38(31)36)37(45-28)25(17-24-18-26(43)21-27(44)19-24)20-29(50)22-49-35-8-6-5-7-32(35)39(47-49)41(52)15-16-41/h5-12,18-19,21,25,51-52H,15-17,20,22-23H2,1-4H3/t25-/m1/s1. The van der Waals surface area contributed by atoms with Gasteiger partial charge < -0.3 is 10.2 Å². The van der Waals surface area contributed by atoms with Crippen molar-refractivity contribution in [1.29, 1.82) is 0 Å². The van der Waals surface area contributed by atoms with Crippen molar-refractivity contribution in [1.82, 2.24) is 24.5 Å². The Morgan fingerprint density at radius 2 is 1.73 bits per heavy atom. The van der Waals surface area contributed by atoms with Crippen LogP contribution >= 0.6 is 11.6 Å². The quantitative estimate of drug-likeness (QED) is 0.141. The van der Waals surface area contributed by atoms with E-state index in [-0.39, 0.29) is 52.9 Å². The Morgan fingerprint density at radius 3 is 2.40 bits per heavy atom. The maximum Gasteiger partial charge on any atom is 0.154 e. The normalized spacial score (nSPS) is 14.6.